The summed E-state index contributed by atoms with van der Waals surface area (Å²) in [6.07, 6.45) is 3.15. The third kappa shape index (κ3) is 5.21. The molecule has 4 nitrogen and oxygen atoms in total. The van der Waals surface area contributed by atoms with Crippen LogP contribution in [-0.4, -0.2) is 49.2 Å². The number of ether oxygens (including phenoxy) is 1. The van der Waals surface area contributed by atoms with Crippen molar-refractivity contribution in [2.75, 3.05) is 32.8 Å². The fourth-order valence-corrected chi connectivity index (χ4v) is 2.83. The lowest BCUT2D eigenvalue weighted by Crippen LogP contribution is -2.55. The lowest BCUT2D eigenvalue weighted by molar-refractivity contribution is -0.117. The summed E-state index contributed by atoms with van der Waals surface area (Å²) < 4.78 is 5.37. The first-order chi connectivity index (χ1) is 10.9. The Morgan fingerprint density at radius 1 is 1.35 bits per heavy atom. The number of halogens is 2. The summed E-state index contributed by atoms with van der Waals surface area (Å²) in [6, 6.07) is 5.33. The molecule has 1 saturated heterocycles. The molecular weight excluding hydrogens is 335 g/mol. The van der Waals surface area contributed by atoms with Crippen LogP contribution in [0, 0.1) is 0 Å². The molecule has 0 aliphatic carbocycles. The molecule has 0 unspecified atom stereocenters. The van der Waals surface area contributed by atoms with Crippen molar-refractivity contribution in [2.24, 2.45) is 0 Å². The lowest BCUT2D eigenvalue weighted by Gasteiger charge is -2.40. The Bertz CT molecular complexity index is 582. The molecule has 0 bridgehead atoms. The molecule has 1 heterocycles. The SMILES string of the molecule is CC(C)(CNC(=O)/C=C/c1cccc(Cl)c1Cl)N1CCOCC1. The number of rotatable bonds is 5. The first-order valence-corrected chi connectivity index (χ1v) is 8.38. The molecule has 126 valence electrons. The van der Waals surface area contributed by atoms with Gasteiger partial charge >= 0.3 is 0 Å². The van der Waals surface area contributed by atoms with E-state index in [1.54, 1.807) is 18.2 Å². The van der Waals surface area contributed by atoms with E-state index in [4.69, 9.17) is 27.9 Å². The highest BCUT2D eigenvalue weighted by molar-refractivity contribution is 6.42. The van der Waals surface area contributed by atoms with Gasteiger partial charge in [0.2, 0.25) is 5.91 Å². The maximum Gasteiger partial charge on any atom is 0.244 e. The number of morpholine rings is 1. The summed E-state index contributed by atoms with van der Waals surface area (Å²) in [4.78, 5) is 14.4. The first kappa shape index (κ1) is 18.3. The van der Waals surface area contributed by atoms with E-state index < -0.39 is 0 Å². The second-order valence-electron chi connectivity index (χ2n) is 6.11. The molecule has 1 aromatic carbocycles. The van der Waals surface area contributed by atoms with Gasteiger partial charge in [0, 0.05) is 31.2 Å². The highest BCUT2D eigenvalue weighted by Crippen LogP contribution is 2.26. The highest BCUT2D eigenvalue weighted by atomic mass is 35.5. The minimum atomic E-state index is -0.151. The van der Waals surface area contributed by atoms with Crippen LogP contribution in [0.15, 0.2) is 24.3 Å². The van der Waals surface area contributed by atoms with Gasteiger partial charge in [0.05, 0.1) is 23.3 Å². The Kier molecular flexibility index (Phi) is 6.48. The maximum absolute atomic E-state index is 12.0. The van der Waals surface area contributed by atoms with E-state index in [2.05, 4.69) is 24.1 Å². The molecular formula is C17H22Cl2N2O2. The van der Waals surface area contributed by atoms with Crippen molar-refractivity contribution in [1.29, 1.82) is 0 Å². The van der Waals surface area contributed by atoms with Crippen molar-refractivity contribution in [3.63, 3.8) is 0 Å². The van der Waals surface area contributed by atoms with Gasteiger partial charge in [0.25, 0.3) is 0 Å². The van der Waals surface area contributed by atoms with Crippen molar-refractivity contribution < 1.29 is 9.53 Å². The van der Waals surface area contributed by atoms with Gasteiger partial charge < -0.3 is 10.1 Å². The monoisotopic (exact) mass is 356 g/mol. The molecule has 1 fully saturated rings. The number of nitrogens with one attached hydrogen (secondary N) is 1. The molecule has 1 amide bonds. The van der Waals surface area contributed by atoms with E-state index in [1.165, 1.54) is 6.08 Å². The van der Waals surface area contributed by atoms with Crippen LogP contribution in [0.25, 0.3) is 6.08 Å². The van der Waals surface area contributed by atoms with Crippen molar-refractivity contribution in [2.45, 2.75) is 19.4 Å². The number of carbonyl (C=O) groups is 1. The topological polar surface area (TPSA) is 41.6 Å². The van der Waals surface area contributed by atoms with E-state index in [0.717, 1.165) is 31.9 Å². The van der Waals surface area contributed by atoms with Crippen molar-refractivity contribution in [3.8, 4) is 0 Å². The van der Waals surface area contributed by atoms with Gasteiger partial charge in [-0.1, -0.05) is 35.3 Å². The molecule has 1 aliphatic rings. The Labute approximate surface area is 147 Å². The highest BCUT2D eigenvalue weighted by Gasteiger charge is 2.28. The van der Waals surface area contributed by atoms with Crippen molar-refractivity contribution in [3.05, 3.63) is 39.9 Å². The number of benzene rings is 1. The van der Waals surface area contributed by atoms with Gasteiger partial charge in [-0.15, -0.1) is 0 Å². The normalized spacial score (nSPS) is 16.7. The van der Waals surface area contributed by atoms with Crippen LogP contribution < -0.4 is 5.32 Å². The van der Waals surface area contributed by atoms with Crippen LogP contribution in [0.4, 0.5) is 0 Å². The minimum absolute atomic E-state index is 0.110. The molecule has 23 heavy (non-hydrogen) atoms. The molecule has 1 aliphatic heterocycles. The third-order valence-corrected chi connectivity index (χ3v) is 4.79. The Morgan fingerprint density at radius 3 is 2.74 bits per heavy atom. The smallest absolute Gasteiger partial charge is 0.244 e. The van der Waals surface area contributed by atoms with Gasteiger partial charge in [-0.25, -0.2) is 0 Å². The second kappa shape index (κ2) is 8.15. The lowest BCUT2D eigenvalue weighted by atomic mass is 10.0. The molecule has 0 atom stereocenters. The van der Waals surface area contributed by atoms with Crippen LogP contribution in [0.1, 0.15) is 19.4 Å². The minimum Gasteiger partial charge on any atom is -0.379 e. The zero-order valence-corrected chi connectivity index (χ0v) is 15.0. The van der Waals surface area contributed by atoms with Gasteiger partial charge in [-0.05, 0) is 31.6 Å². The average Bonchev–Trinajstić information content (AvgIpc) is 2.55. The summed E-state index contributed by atoms with van der Waals surface area (Å²) in [7, 11) is 0. The molecule has 1 N–H and O–H groups in total. The zero-order chi connectivity index (χ0) is 16.9. The van der Waals surface area contributed by atoms with Gasteiger partial charge in [0.15, 0.2) is 0 Å². The molecule has 0 aromatic heterocycles. The molecule has 0 spiro atoms. The first-order valence-electron chi connectivity index (χ1n) is 7.63. The van der Waals surface area contributed by atoms with E-state index >= 15 is 0 Å². The largest absolute Gasteiger partial charge is 0.379 e. The maximum atomic E-state index is 12.0. The molecule has 1 aromatic rings. The van der Waals surface area contributed by atoms with Crippen LogP contribution >= 0.6 is 23.2 Å². The third-order valence-electron chi connectivity index (χ3n) is 3.96. The summed E-state index contributed by atoms with van der Waals surface area (Å²) in [5.74, 6) is -0.151. The van der Waals surface area contributed by atoms with Crippen LogP contribution in [0.3, 0.4) is 0 Å². The fourth-order valence-electron chi connectivity index (χ4n) is 2.46. The summed E-state index contributed by atoms with van der Waals surface area (Å²) >= 11 is 12.0. The Hall–Kier alpha value is -1.07. The summed E-state index contributed by atoms with van der Waals surface area (Å²) in [6.45, 7) is 8.06. The quantitative estimate of drug-likeness (QED) is 0.823. The van der Waals surface area contributed by atoms with Crippen LogP contribution in [0.2, 0.25) is 10.0 Å². The predicted molar refractivity (Wildman–Crippen MR) is 95.0 cm³/mol. The van der Waals surface area contributed by atoms with Gasteiger partial charge in [-0.3, -0.25) is 9.69 Å². The average molecular weight is 357 g/mol. The Morgan fingerprint density at radius 2 is 2.04 bits per heavy atom. The second-order valence-corrected chi connectivity index (χ2v) is 6.89. The number of carbonyl (C=O) groups excluding carboxylic acids is 1. The van der Waals surface area contributed by atoms with Crippen molar-refractivity contribution >= 4 is 35.2 Å². The molecule has 6 heteroatoms. The fraction of sp³-hybridized carbons (Fsp3) is 0.471. The molecule has 0 saturated carbocycles. The van der Waals surface area contributed by atoms with E-state index in [-0.39, 0.29) is 11.4 Å². The van der Waals surface area contributed by atoms with E-state index in [1.807, 2.05) is 6.07 Å². The van der Waals surface area contributed by atoms with Gasteiger partial charge in [0.1, 0.15) is 0 Å². The van der Waals surface area contributed by atoms with Gasteiger partial charge in [-0.2, -0.15) is 0 Å². The van der Waals surface area contributed by atoms with Crippen molar-refractivity contribution in [1.82, 2.24) is 10.2 Å². The number of amides is 1. The number of hydrogen-bond donors (Lipinski definition) is 1. The van der Waals surface area contributed by atoms with E-state index in [9.17, 15) is 4.79 Å². The zero-order valence-electron chi connectivity index (χ0n) is 13.4. The molecule has 0 radical (unpaired) electrons. The standard InChI is InChI=1S/C17H22Cl2N2O2/c1-17(2,21-8-10-23-11-9-21)12-20-15(22)7-6-13-4-3-5-14(18)16(13)19/h3-7H,8-12H2,1-2H3,(H,20,22)/b7-6+. The predicted octanol–water partition coefficient (Wildman–Crippen LogP) is 3.23. The Balaban J connectivity index is 1.89. The van der Waals surface area contributed by atoms with E-state index in [0.29, 0.717) is 16.6 Å². The summed E-state index contributed by atoms with van der Waals surface area (Å²) in [5.41, 5.74) is 0.614. The van der Waals surface area contributed by atoms with Crippen LogP contribution in [-0.2, 0) is 9.53 Å². The van der Waals surface area contributed by atoms with Crippen LogP contribution in [0.5, 0.6) is 0 Å². The number of hydrogen-bond acceptors (Lipinski definition) is 3. The summed E-state index contributed by atoms with van der Waals surface area (Å²) in [5, 5.41) is 3.87. The molecule has 2 rings (SSSR count). The number of nitrogens with zero attached hydrogens (tertiary/aromatic N) is 1.